The maximum Gasteiger partial charge on any atom is 0.345 e. The Hall–Kier alpha value is -1.00. The van der Waals surface area contributed by atoms with Crippen LogP contribution in [0, 0.1) is 28.6 Å². The van der Waals surface area contributed by atoms with E-state index in [0.717, 1.165) is 12.0 Å². The second-order valence-electron chi connectivity index (χ2n) is 10.6. The van der Waals surface area contributed by atoms with E-state index in [1.54, 1.807) is 0 Å². The van der Waals surface area contributed by atoms with Crippen LogP contribution >= 0.6 is 11.8 Å². The van der Waals surface area contributed by atoms with Crippen LogP contribution in [0.4, 0.5) is 0 Å². The number of hydrogen-bond acceptors (Lipinski definition) is 4. The number of aliphatic hydroxyl groups is 1. The Morgan fingerprint density at radius 3 is 2.00 bits per heavy atom. The van der Waals surface area contributed by atoms with Gasteiger partial charge in [0.25, 0.3) is 0 Å². The van der Waals surface area contributed by atoms with Crippen molar-refractivity contribution >= 4 is 17.7 Å². The average Bonchev–Trinajstić information content (AvgIpc) is 2.58. The number of benzene rings is 1. The van der Waals surface area contributed by atoms with E-state index in [0.29, 0.717) is 11.7 Å². The van der Waals surface area contributed by atoms with Gasteiger partial charge in [-0.3, -0.25) is 0 Å². The Bertz CT molecular complexity index is 613. The molecule has 1 N–H and O–H groups in total. The summed E-state index contributed by atoms with van der Waals surface area (Å²) in [5, 5.41) is 10.5. The summed E-state index contributed by atoms with van der Waals surface area (Å²) in [6.45, 7) is 19.8. The SMILES string of the molecule is CCC(C(OC(=O)C(O)SCc1ccccc1)C(C(C)C)C(C)(C)C)C(C)(C)C. The van der Waals surface area contributed by atoms with Gasteiger partial charge in [-0.05, 0) is 28.7 Å². The van der Waals surface area contributed by atoms with E-state index in [4.69, 9.17) is 4.74 Å². The van der Waals surface area contributed by atoms with Crippen molar-refractivity contribution in [3.05, 3.63) is 35.9 Å². The Labute approximate surface area is 183 Å². The third-order valence-corrected chi connectivity index (χ3v) is 6.73. The molecule has 1 rings (SSSR count). The third-order valence-electron chi connectivity index (χ3n) is 5.73. The fourth-order valence-electron chi connectivity index (χ4n) is 4.63. The zero-order chi connectivity index (χ0) is 22.4. The molecule has 4 heteroatoms. The quantitative estimate of drug-likeness (QED) is 0.362. The summed E-state index contributed by atoms with van der Waals surface area (Å²) in [5.74, 6) is 0.823. The lowest BCUT2D eigenvalue weighted by Gasteiger charge is -2.46. The molecule has 0 bridgehead atoms. The predicted molar refractivity (Wildman–Crippen MR) is 125 cm³/mol. The molecule has 0 spiro atoms. The summed E-state index contributed by atoms with van der Waals surface area (Å²) in [6.07, 6.45) is 0.688. The van der Waals surface area contributed by atoms with Gasteiger partial charge in [-0.1, -0.05) is 92.6 Å². The molecule has 4 unspecified atom stereocenters. The van der Waals surface area contributed by atoms with E-state index in [9.17, 15) is 9.90 Å². The van der Waals surface area contributed by atoms with Crippen LogP contribution in [0.5, 0.6) is 0 Å². The highest BCUT2D eigenvalue weighted by atomic mass is 32.2. The van der Waals surface area contributed by atoms with Crippen molar-refractivity contribution in [2.24, 2.45) is 28.6 Å². The van der Waals surface area contributed by atoms with Gasteiger partial charge < -0.3 is 9.84 Å². The average molecular weight is 423 g/mol. The van der Waals surface area contributed by atoms with Crippen molar-refractivity contribution in [2.75, 3.05) is 0 Å². The van der Waals surface area contributed by atoms with Crippen LogP contribution in [0.3, 0.4) is 0 Å². The molecule has 0 amide bonds. The highest BCUT2D eigenvalue weighted by Gasteiger charge is 2.44. The number of hydrogen-bond donors (Lipinski definition) is 1. The molecule has 0 saturated heterocycles. The van der Waals surface area contributed by atoms with Crippen LogP contribution in [-0.4, -0.2) is 22.6 Å². The molecule has 0 aliphatic carbocycles. The molecule has 1 aromatic carbocycles. The van der Waals surface area contributed by atoms with Crippen molar-refractivity contribution in [3.8, 4) is 0 Å². The Kier molecular flexibility index (Phi) is 9.75. The first-order valence-electron chi connectivity index (χ1n) is 10.8. The Morgan fingerprint density at radius 1 is 1.03 bits per heavy atom. The van der Waals surface area contributed by atoms with Gasteiger partial charge in [-0.15, -0.1) is 11.8 Å². The summed E-state index contributed by atoms with van der Waals surface area (Å²) >= 11 is 1.22. The summed E-state index contributed by atoms with van der Waals surface area (Å²) in [4.78, 5) is 12.9. The van der Waals surface area contributed by atoms with Crippen molar-refractivity contribution in [1.29, 1.82) is 0 Å². The zero-order valence-corrected chi connectivity index (χ0v) is 20.7. The molecular weight excluding hydrogens is 380 g/mol. The second-order valence-corrected chi connectivity index (χ2v) is 11.6. The normalized spacial score (nSPS) is 16.9. The summed E-state index contributed by atoms with van der Waals surface area (Å²) < 4.78 is 6.12. The van der Waals surface area contributed by atoms with E-state index >= 15 is 0 Å². The number of esters is 1. The van der Waals surface area contributed by atoms with E-state index in [-0.39, 0.29) is 28.8 Å². The standard InChI is InChI=1S/C25H42O3S/c1-10-19(24(4,5)6)21(20(17(2)3)25(7,8)9)28-22(26)23(27)29-16-18-14-12-11-13-15-18/h11-15,17,19-21,23,27H,10,16H2,1-9H3. The largest absolute Gasteiger partial charge is 0.459 e. The number of aliphatic hydroxyl groups excluding tert-OH is 1. The molecule has 166 valence electrons. The van der Waals surface area contributed by atoms with Crippen LogP contribution in [-0.2, 0) is 15.3 Å². The van der Waals surface area contributed by atoms with Crippen molar-refractivity contribution in [3.63, 3.8) is 0 Å². The number of rotatable bonds is 9. The van der Waals surface area contributed by atoms with Crippen molar-refractivity contribution in [2.45, 2.75) is 86.0 Å². The van der Waals surface area contributed by atoms with Gasteiger partial charge in [0, 0.05) is 17.6 Å². The molecule has 0 aliphatic heterocycles. The maximum atomic E-state index is 12.9. The summed E-state index contributed by atoms with van der Waals surface area (Å²) in [6, 6.07) is 9.87. The van der Waals surface area contributed by atoms with Crippen LogP contribution in [0.25, 0.3) is 0 Å². The minimum absolute atomic E-state index is 0.000219. The van der Waals surface area contributed by atoms with Gasteiger partial charge in [0.15, 0.2) is 5.44 Å². The van der Waals surface area contributed by atoms with Gasteiger partial charge in [0.2, 0.25) is 0 Å². The van der Waals surface area contributed by atoms with Crippen LogP contribution in [0.1, 0.15) is 74.3 Å². The molecule has 3 nitrogen and oxygen atoms in total. The first-order chi connectivity index (χ1) is 13.3. The highest BCUT2D eigenvalue weighted by molar-refractivity contribution is 7.99. The molecular formula is C25H42O3S. The van der Waals surface area contributed by atoms with Crippen molar-refractivity contribution in [1.82, 2.24) is 0 Å². The monoisotopic (exact) mass is 422 g/mol. The Morgan fingerprint density at radius 2 is 1.59 bits per heavy atom. The first-order valence-corrected chi connectivity index (χ1v) is 11.9. The fraction of sp³-hybridized carbons (Fsp3) is 0.720. The fourth-order valence-corrected chi connectivity index (χ4v) is 5.36. The van der Waals surface area contributed by atoms with E-state index in [2.05, 4.69) is 62.3 Å². The van der Waals surface area contributed by atoms with Gasteiger partial charge in [0.05, 0.1) is 0 Å². The van der Waals surface area contributed by atoms with Gasteiger partial charge in [0.1, 0.15) is 6.10 Å². The topological polar surface area (TPSA) is 46.5 Å². The lowest BCUT2D eigenvalue weighted by Crippen LogP contribution is -2.47. The molecule has 4 atom stereocenters. The lowest BCUT2D eigenvalue weighted by molar-refractivity contribution is -0.170. The number of ether oxygens (including phenoxy) is 1. The van der Waals surface area contributed by atoms with Crippen LogP contribution in [0.15, 0.2) is 30.3 Å². The summed E-state index contributed by atoms with van der Waals surface area (Å²) in [7, 11) is 0. The number of carbonyl (C=O) groups is 1. The van der Waals surface area contributed by atoms with Gasteiger partial charge >= 0.3 is 5.97 Å². The lowest BCUT2D eigenvalue weighted by atomic mass is 9.63. The Balaban J connectivity index is 3.04. The zero-order valence-electron chi connectivity index (χ0n) is 19.9. The van der Waals surface area contributed by atoms with E-state index in [1.807, 2.05) is 30.3 Å². The highest BCUT2D eigenvalue weighted by Crippen LogP contribution is 2.44. The van der Waals surface area contributed by atoms with Crippen LogP contribution in [0.2, 0.25) is 0 Å². The summed E-state index contributed by atoms with van der Waals surface area (Å²) in [5.41, 5.74) is -0.111. The maximum absolute atomic E-state index is 12.9. The minimum atomic E-state index is -1.18. The van der Waals surface area contributed by atoms with E-state index in [1.165, 1.54) is 11.8 Å². The third kappa shape index (κ3) is 7.97. The number of carbonyl (C=O) groups excluding carboxylic acids is 1. The predicted octanol–water partition coefficient (Wildman–Crippen LogP) is 6.54. The molecule has 0 saturated carbocycles. The van der Waals surface area contributed by atoms with Gasteiger partial charge in [-0.2, -0.15) is 0 Å². The van der Waals surface area contributed by atoms with E-state index < -0.39 is 11.4 Å². The first kappa shape index (κ1) is 26.0. The van der Waals surface area contributed by atoms with Gasteiger partial charge in [-0.25, -0.2) is 4.79 Å². The molecule has 0 aliphatic rings. The molecule has 0 aromatic heterocycles. The molecule has 0 fully saturated rings. The molecule has 0 radical (unpaired) electrons. The second kappa shape index (κ2) is 10.9. The van der Waals surface area contributed by atoms with Crippen LogP contribution < -0.4 is 0 Å². The smallest absolute Gasteiger partial charge is 0.345 e. The molecule has 0 heterocycles. The molecule has 29 heavy (non-hydrogen) atoms. The number of thioether (sulfide) groups is 1. The minimum Gasteiger partial charge on any atom is -0.459 e. The molecule has 1 aromatic rings. The van der Waals surface area contributed by atoms with Crippen molar-refractivity contribution < 1.29 is 14.6 Å².